The Morgan fingerprint density at radius 1 is 1.12 bits per heavy atom. The molecule has 2 heterocycles. The Bertz CT molecular complexity index is 1000. The summed E-state index contributed by atoms with van der Waals surface area (Å²) in [5.74, 6) is -0.201. The van der Waals surface area contributed by atoms with E-state index in [1.165, 1.54) is 15.2 Å². The smallest absolute Gasteiger partial charge is 0.261 e. The second-order valence-corrected chi connectivity index (χ2v) is 8.93. The highest BCUT2D eigenvalue weighted by molar-refractivity contribution is 7.90. The average Bonchev–Trinajstić information content (AvgIpc) is 3.50. The number of rotatable bonds is 4. The van der Waals surface area contributed by atoms with Gasteiger partial charge in [-0.1, -0.05) is 12.1 Å². The molecule has 138 valence electrons. The fourth-order valence-electron chi connectivity index (χ4n) is 3.23. The van der Waals surface area contributed by atoms with E-state index in [2.05, 4.69) is 4.98 Å². The fourth-order valence-corrected chi connectivity index (χ4v) is 5.06. The summed E-state index contributed by atoms with van der Waals surface area (Å²) in [7, 11) is -3.20. The summed E-state index contributed by atoms with van der Waals surface area (Å²) >= 11 is 0. The maximum absolute atomic E-state index is 12.5. The topological polar surface area (TPSA) is 92.6 Å². The van der Waals surface area contributed by atoms with Crippen molar-refractivity contribution in [2.45, 2.75) is 24.6 Å². The zero-order valence-corrected chi connectivity index (χ0v) is 15.1. The minimum atomic E-state index is -3.20. The number of carbonyl (C=O) groups excluding carboxylic acids is 1. The van der Waals surface area contributed by atoms with Crippen molar-refractivity contribution in [1.82, 2.24) is 18.8 Å². The maximum Gasteiger partial charge on any atom is 0.261 e. The molecule has 1 aromatic heterocycles. The van der Waals surface area contributed by atoms with Crippen LogP contribution in [0.1, 0.15) is 12.8 Å². The van der Waals surface area contributed by atoms with Crippen LogP contribution < -0.4 is 5.56 Å². The molecule has 0 radical (unpaired) electrons. The third-order valence-corrected chi connectivity index (χ3v) is 7.33. The number of hydrogen-bond acceptors (Lipinski definition) is 5. The quantitative estimate of drug-likeness (QED) is 0.751. The van der Waals surface area contributed by atoms with Crippen LogP contribution >= 0.6 is 0 Å². The van der Waals surface area contributed by atoms with Gasteiger partial charge in [0.15, 0.2) is 0 Å². The van der Waals surface area contributed by atoms with Gasteiger partial charge in [-0.15, -0.1) is 0 Å². The number of benzene rings is 1. The molecule has 2 aromatic rings. The summed E-state index contributed by atoms with van der Waals surface area (Å²) in [4.78, 5) is 30.8. The van der Waals surface area contributed by atoms with Crippen LogP contribution in [0.5, 0.6) is 0 Å². The van der Waals surface area contributed by atoms with Crippen LogP contribution in [0.25, 0.3) is 10.9 Å². The molecule has 1 saturated heterocycles. The number of carbonyl (C=O) groups is 1. The molecule has 1 aromatic carbocycles. The van der Waals surface area contributed by atoms with Gasteiger partial charge in [-0.3, -0.25) is 14.2 Å². The highest BCUT2D eigenvalue weighted by Gasteiger charge is 2.41. The predicted octanol–water partition coefficient (Wildman–Crippen LogP) is 0.0329. The van der Waals surface area contributed by atoms with E-state index in [1.54, 1.807) is 29.2 Å². The van der Waals surface area contributed by atoms with Gasteiger partial charge in [0.25, 0.3) is 5.56 Å². The summed E-state index contributed by atoms with van der Waals surface area (Å²) in [5, 5.41) is 0.246. The first-order valence-corrected chi connectivity index (χ1v) is 10.2. The van der Waals surface area contributed by atoms with Crippen molar-refractivity contribution in [3.63, 3.8) is 0 Å². The second-order valence-electron chi connectivity index (χ2n) is 6.72. The summed E-state index contributed by atoms with van der Waals surface area (Å²) in [6.45, 7) is 1.23. The van der Waals surface area contributed by atoms with Crippen LogP contribution in [0.2, 0.25) is 0 Å². The Kier molecular flexibility index (Phi) is 4.28. The van der Waals surface area contributed by atoms with E-state index < -0.39 is 10.0 Å². The molecule has 9 heteroatoms. The summed E-state index contributed by atoms with van der Waals surface area (Å²) in [6, 6.07) is 7.01. The molecule has 0 bridgehead atoms. The molecule has 2 aliphatic rings. The van der Waals surface area contributed by atoms with E-state index in [4.69, 9.17) is 0 Å². The third-order valence-electron chi connectivity index (χ3n) is 4.93. The number of sulfonamides is 1. The third kappa shape index (κ3) is 3.12. The van der Waals surface area contributed by atoms with E-state index >= 15 is 0 Å². The number of piperazine rings is 1. The van der Waals surface area contributed by atoms with Crippen LogP contribution in [-0.2, 0) is 21.4 Å². The number of amides is 1. The normalized spacial score (nSPS) is 19.0. The van der Waals surface area contributed by atoms with E-state index in [9.17, 15) is 18.0 Å². The Balaban J connectivity index is 1.43. The summed E-state index contributed by atoms with van der Waals surface area (Å²) in [5.41, 5.74) is 0.346. The minimum absolute atomic E-state index is 0.0912. The van der Waals surface area contributed by atoms with E-state index in [0.29, 0.717) is 37.1 Å². The standard InChI is InChI=1S/C17H20N4O4S/c22-16(11-20-12-18-15-4-2-1-3-14(15)17(20)23)19-7-9-21(10-8-19)26(24,25)13-5-6-13/h1-4,12-13H,5-11H2. The SMILES string of the molecule is O=C(Cn1cnc2ccccc2c1=O)N1CCN(S(=O)(=O)C2CC2)CC1. The molecule has 1 aliphatic carbocycles. The molecule has 0 N–H and O–H groups in total. The maximum atomic E-state index is 12.5. The largest absolute Gasteiger partial charge is 0.338 e. The molecule has 26 heavy (non-hydrogen) atoms. The van der Waals surface area contributed by atoms with Gasteiger partial charge in [-0.05, 0) is 25.0 Å². The second kappa shape index (κ2) is 6.48. The lowest BCUT2D eigenvalue weighted by atomic mass is 10.2. The van der Waals surface area contributed by atoms with Crippen molar-refractivity contribution >= 4 is 26.8 Å². The van der Waals surface area contributed by atoms with Gasteiger partial charge >= 0.3 is 0 Å². The molecule has 2 fully saturated rings. The number of aromatic nitrogens is 2. The van der Waals surface area contributed by atoms with Gasteiger partial charge < -0.3 is 4.90 Å². The van der Waals surface area contributed by atoms with Gasteiger partial charge in [-0.2, -0.15) is 4.31 Å². The van der Waals surface area contributed by atoms with Crippen LogP contribution in [0.15, 0.2) is 35.4 Å². The lowest BCUT2D eigenvalue weighted by Crippen LogP contribution is -2.52. The molecule has 1 amide bonds. The monoisotopic (exact) mass is 376 g/mol. The molecule has 8 nitrogen and oxygen atoms in total. The van der Waals surface area contributed by atoms with Crippen molar-refractivity contribution in [2.75, 3.05) is 26.2 Å². The van der Waals surface area contributed by atoms with Crippen LogP contribution in [-0.4, -0.2) is 64.5 Å². The summed E-state index contributed by atoms with van der Waals surface area (Å²) in [6.07, 6.45) is 2.86. The van der Waals surface area contributed by atoms with E-state index in [1.807, 2.05) is 0 Å². The predicted molar refractivity (Wildman–Crippen MR) is 96.1 cm³/mol. The molecule has 0 atom stereocenters. The molecule has 0 unspecified atom stereocenters. The van der Waals surface area contributed by atoms with Gasteiger partial charge in [0.2, 0.25) is 15.9 Å². The zero-order valence-electron chi connectivity index (χ0n) is 14.2. The lowest BCUT2D eigenvalue weighted by Gasteiger charge is -2.34. The van der Waals surface area contributed by atoms with Crippen LogP contribution in [0.4, 0.5) is 0 Å². The number of fused-ring (bicyclic) bond motifs is 1. The van der Waals surface area contributed by atoms with Gasteiger partial charge in [0.05, 0.1) is 22.5 Å². The fraction of sp³-hybridized carbons (Fsp3) is 0.471. The first kappa shape index (κ1) is 17.2. The molecule has 1 saturated carbocycles. The van der Waals surface area contributed by atoms with Crippen molar-refractivity contribution in [3.8, 4) is 0 Å². The van der Waals surface area contributed by atoms with E-state index in [0.717, 1.165) is 12.8 Å². The number of para-hydroxylation sites is 1. The van der Waals surface area contributed by atoms with Crippen molar-refractivity contribution in [2.24, 2.45) is 0 Å². The highest BCUT2D eigenvalue weighted by Crippen LogP contribution is 2.31. The summed E-state index contributed by atoms with van der Waals surface area (Å²) < 4.78 is 27.3. The molecular weight excluding hydrogens is 356 g/mol. The first-order valence-electron chi connectivity index (χ1n) is 8.68. The van der Waals surface area contributed by atoms with Crippen molar-refractivity contribution in [1.29, 1.82) is 0 Å². The molecule has 4 rings (SSSR count). The Morgan fingerprint density at radius 3 is 2.50 bits per heavy atom. The van der Waals surface area contributed by atoms with Gasteiger partial charge in [0, 0.05) is 26.2 Å². The van der Waals surface area contributed by atoms with Crippen molar-refractivity contribution in [3.05, 3.63) is 40.9 Å². The lowest BCUT2D eigenvalue weighted by molar-refractivity contribution is -0.133. The first-order chi connectivity index (χ1) is 12.5. The average molecular weight is 376 g/mol. The van der Waals surface area contributed by atoms with Gasteiger partial charge in [0.1, 0.15) is 6.54 Å². The molecule has 1 aliphatic heterocycles. The van der Waals surface area contributed by atoms with Crippen LogP contribution in [0, 0.1) is 0 Å². The number of hydrogen-bond donors (Lipinski definition) is 0. The molecular formula is C17H20N4O4S. The van der Waals surface area contributed by atoms with Gasteiger partial charge in [-0.25, -0.2) is 13.4 Å². The highest BCUT2D eigenvalue weighted by atomic mass is 32.2. The molecule has 0 spiro atoms. The Hall–Kier alpha value is -2.26. The Labute approximate surface area is 151 Å². The van der Waals surface area contributed by atoms with Crippen molar-refractivity contribution < 1.29 is 13.2 Å². The van der Waals surface area contributed by atoms with Crippen LogP contribution in [0.3, 0.4) is 0 Å². The zero-order chi connectivity index (χ0) is 18.3. The Morgan fingerprint density at radius 2 is 1.81 bits per heavy atom. The minimum Gasteiger partial charge on any atom is -0.338 e. The number of nitrogens with zero attached hydrogens (tertiary/aromatic N) is 4. The van der Waals surface area contributed by atoms with E-state index in [-0.39, 0.29) is 23.3 Å².